The molecule has 1 aliphatic heterocycles. The fourth-order valence-corrected chi connectivity index (χ4v) is 3.26. The van der Waals surface area contributed by atoms with Gasteiger partial charge >= 0.3 is 0 Å². The molecule has 2 fully saturated rings. The second kappa shape index (κ2) is 4.63. The highest BCUT2D eigenvalue weighted by Gasteiger charge is 2.42. The summed E-state index contributed by atoms with van der Waals surface area (Å²) in [4.78, 5) is 2.57. The van der Waals surface area contributed by atoms with Crippen LogP contribution in [0, 0.1) is 5.41 Å². The zero-order valence-electron chi connectivity index (χ0n) is 10.9. The summed E-state index contributed by atoms with van der Waals surface area (Å²) in [5.74, 6) is 0. The molecule has 1 heterocycles. The van der Waals surface area contributed by atoms with Crippen LogP contribution < -0.4 is 5.73 Å². The lowest BCUT2D eigenvalue weighted by molar-refractivity contribution is 0.0105. The van der Waals surface area contributed by atoms with Crippen LogP contribution in [0.2, 0.25) is 0 Å². The van der Waals surface area contributed by atoms with E-state index in [4.69, 9.17) is 10.5 Å². The fourth-order valence-electron chi connectivity index (χ4n) is 3.26. The van der Waals surface area contributed by atoms with Gasteiger partial charge in [0.05, 0.1) is 6.10 Å². The third-order valence-electron chi connectivity index (χ3n) is 4.61. The van der Waals surface area contributed by atoms with Crippen LogP contribution in [0.3, 0.4) is 0 Å². The molecule has 16 heavy (non-hydrogen) atoms. The monoisotopic (exact) mass is 226 g/mol. The summed E-state index contributed by atoms with van der Waals surface area (Å²) >= 11 is 0. The van der Waals surface area contributed by atoms with Crippen molar-refractivity contribution in [2.75, 3.05) is 20.2 Å². The Balaban J connectivity index is 1.97. The maximum absolute atomic E-state index is 6.39. The summed E-state index contributed by atoms with van der Waals surface area (Å²) in [5, 5.41) is 0. The molecule has 0 aromatic heterocycles. The highest BCUT2D eigenvalue weighted by molar-refractivity contribution is 5.00. The molecule has 2 rings (SSSR count). The molecule has 94 valence electrons. The zero-order valence-corrected chi connectivity index (χ0v) is 10.9. The molecule has 1 saturated heterocycles. The van der Waals surface area contributed by atoms with Crippen molar-refractivity contribution in [1.29, 1.82) is 0 Å². The van der Waals surface area contributed by atoms with E-state index in [2.05, 4.69) is 18.7 Å². The first-order valence-electron chi connectivity index (χ1n) is 6.57. The van der Waals surface area contributed by atoms with Gasteiger partial charge in [-0.05, 0) is 37.6 Å². The number of nitrogens with zero attached hydrogens (tertiary/aromatic N) is 1. The van der Waals surface area contributed by atoms with Gasteiger partial charge in [-0.25, -0.2) is 0 Å². The zero-order chi connectivity index (χ0) is 11.8. The minimum Gasteiger partial charge on any atom is -0.380 e. The summed E-state index contributed by atoms with van der Waals surface area (Å²) in [5.41, 5.74) is 6.70. The van der Waals surface area contributed by atoms with Crippen LogP contribution in [0.15, 0.2) is 0 Å². The first-order chi connectivity index (χ1) is 7.54. The quantitative estimate of drug-likeness (QED) is 0.777. The van der Waals surface area contributed by atoms with Crippen molar-refractivity contribution in [3.05, 3.63) is 0 Å². The van der Waals surface area contributed by atoms with Crippen molar-refractivity contribution in [3.8, 4) is 0 Å². The lowest BCUT2D eigenvalue weighted by Gasteiger charge is -2.39. The Morgan fingerprint density at radius 2 is 2.06 bits per heavy atom. The van der Waals surface area contributed by atoms with Gasteiger partial charge in [-0.15, -0.1) is 0 Å². The van der Waals surface area contributed by atoms with Gasteiger partial charge in [-0.1, -0.05) is 13.8 Å². The third-order valence-corrected chi connectivity index (χ3v) is 4.61. The highest BCUT2D eigenvalue weighted by Crippen LogP contribution is 2.39. The SMILES string of the molecule is COC1CCCN(C2CCC(C)(C)C2N)C1. The summed E-state index contributed by atoms with van der Waals surface area (Å²) in [6.07, 6.45) is 5.39. The number of methoxy groups -OCH3 is 1. The predicted molar refractivity (Wildman–Crippen MR) is 66.4 cm³/mol. The molecule has 3 heteroatoms. The maximum atomic E-state index is 6.39. The van der Waals surface area contributed by atoms with Gasteiger partial charge < -0.3 is 10.5 Å². The number of hydrogen-bond donors (Lipinski definition) is 1. The number of ether oxygens (including phenoxy) is 1. The lowest BCUT2D eigenvalue weighted by atomic mass is 9.87. The van der Waals surface area contributed by atoms with E-state index in [0.29, 0.717) is 23.6 Å². The molecule has 3 unspecified atom stereocenters. The molecule has 1 aliphatic carbocycles. The summed E-state index contributed by atoms with van der Waals surface area (Å²) in [7, 11) is 1.83. The summed E-state index contributed by atoms with van der Waals surface area (Å²) in [6.45, 7) is 6.88. The maximum Gasteiger partial charge on any atom is 0.0698 e. The Hall–Kier alpha value is -0.120. The molecule has 0 aromatic carbocycles. The number of piperidine rings is 1. The van der Waals surface area contributed by atoms with Crippen LogP contribution in [0.25, 0.3) is 0 Å². The Bertz CT molecular complexity index is 242. The van der Waals surface area contributed by atoms with Gasteiger partial charge in [0.2, 0.25) is 0 Å². The minimum atomic E-state index is 0.310. The van der Waals surface area contributed by atoms with Crippen molar-refractivity contribution >= 4 is 0 Å². The molecule has 0 amide bonds. The summed E-state index contributed by atoms with van der Waals surface area (Å²) < 4.78 is 5.49. The number of rotatable bonds is 2. The molecular weight excluding hydrogens is 200 g/mol. The molecule has 2 N–H and O–H groups in total. The first-order valence-corrected chi connectivity index (χ1v) is 6.57. The van der Waals surface area contributed by atoms with Crippen LogP contribution in [-0.4, -0.2) is 43.3 Å². The van der Waals surface area contributed by atoms with Crippen molar-refractivity contribution in [3.63, 3.8) is 0 Å². The summed E-state index contributed by atoms with van der Waals surface area (Å²) in [6, 6.07) is 0.899. The molecule has 0 bridgehead atoms. The Morgan fingerprint density at radius 3 is 2.62 bits per heavy atom. The van der Waals surface area contributed by atoms with Gasteiger partial charge in [0.25, 0.3) is 0 Å². The Labute approximate surface area is 99.3 Å². The lowest BCUT2D eigenvalue weighted by Crippen LogP contribution is -2.53. The molecule has 2 aliphatic rings. The van der Waals surface area contributed by atoms with Crippen LogP contribution in [0.4, 0.5) is 0 Å². The average Bonchev–Trinajstić information content (AvgIpc) is 2.55. The van der Waals surface area contributed by atoms with E-state index >= 15 is 0 Å². The predicted octanol–water partition coefficient (Wildman–Crippen LogP) is 1.61. The van der Waals surface area contributed by atoms with Gasteiger partial charge in [0, 0.05) is 25.7 Å². The van der Waals surface area contributed by atoms with Crippen molar-refractivity contribution in [2.45, 2.75) is 57.7 Å². The van der Waals surface area contributed by atoms with Gasteiger partial charge in [-0.2, -0.15) is 0 Å². The molecule has 1 saturated carbocycles. The van der Waals surface area contributed by atoms with E-state index in [-0.39, 0.29) is 0 Å². The largest absolute Gasteiger partial charge is 0.380 e. The first kappa shape index (κ1) is 12.3. The number of hydrogen-bond acceptors (Lipinski definition) is 3. The van der Waals surface area contributed by atoms with Gasteiger partial charge in [0.15, 0.2) is 0 Å². The van der Waals surface area contributed by atoms with E-state index in [1.54, 1.807) is 0 Å². The molecule has 0 radical (unpaired) electrons. The number of nitrogens with two attached hydrogens (primary N) is 1. The van der Waals surface area contributed by atoms with Crippen LogP contribution >= 0.6 is 0 Å². The van der Waals surface area contributed by atoms with Crippen LogP contribution in [0.1, 0.15) is 39.5 Å². The van der Waals surface area contributed by atoms with Crippen LogP contribution in [-0.2, 0) is 4.74 Å². The van der Waals surface area contributed by atoms with E-state index in [1.807, 2.05) is 7.11 Å². The second-order valence-corrected chi connectivity index (χ2v) is 6.12. The van der Waals surface area contributed by atoms with Gasteiger partial charge in [-0.3, -0.25) is 4.90 Å². The average molecular weight is 226 g/mol. The van der Waals surface area contributed by atoms with E-state index in [9.17, 15) is 0 Å². The molecular formula is C13H26N2O. The smallest absolute Gasteiger partial charge is 0.0698 e. The molecule has 0 spiro atoms. The van der Waals surface area contributed by atoms with Crippen LogP contribution in [0.5, 0.6) is 0 Å². The molecule has 3 atom stereocenters. The number of likely N-dealkylation sites (tertiary alicyclic amines) is 1. The van der Waals surface area contributed by atoms with Crippen molar-refractivity contribution in [2.24, 2.45) is 11.1 Å². The Morgan fingerprint density at radius 1 is 1.31 bits per heavy atom. The highest BCUT2D eigenvalue weighted by atomic mass is 16.5. The van der Waals surface area contributed by atoms with E-state index < -0.39 is 0 Å². The topological polar surface area (TPSA) is 38.5 Å². The normalized spacial score (nSPS) is 40.1. The fraction of sp³-hybridized carbons (Fsp3) is 1.00. The molecule has 3 nitrogen and oxygen atoms in total. The van der Waals surface area contributed by atoms with Gasteiger partial charge in [0.1, 0.15) is 0 Å². The van der Waals surface area contributed by atoms with E-state index in [1.165, 1.54) is 32.2 Å². The molecule has 0 aromatic rings. The third kappa shape index (κ3) is 2.27. The minimum absolute atomic E-state index is 0.310. The van der Waals surface area contributed by atoms with Crippen molar-refractivity contribution in [1.82, 2.24) is 4.90 Å². The second-order valence-electron chi connectivity index (χ2n) is 6.12. The van der Waals surface area contributed by atoms with Crippen molar-refractivity contribution < 1.29 is 4.74 Å². The Kier molecular flexibility index (Phi) is 3.57. The van der Waals surface area contributed by atoms with E-state index in [0.717, 1.165) is 6.54 Å². The standard InChI is InChI=1S/C13H26N2O/c1-13(2)7-6-11(12(13)14)15-8-4-5-10(9-15)16-3/h10-12H,4-9,14H2,1-3H3.